The van der Waals surface area contributed by atoms with E-state index in [1.165, 1.54) is 0 Å². The molecule has 0 spiro atoms. The molecule has 2 amide bonds. The van der Waals surface area contributed by atoms with Gasteiger partial charge in [0, 0.05) is 24.1 Å². The van der Waals surface area contributed by atoms with E-state index in [1.54, 1.807) is 0 Å². The van der Waals surface area contributed by atoms with Crippen molar-refractivity contribution in [2.45, 2.75) is 60.8 Å². The summed E-state index contributed by atoms with van der Waals surface area (Å²) >= 11 is 4.12. The van der Waals surface area contributed by atoms with Crippen LogP contribution in [0, 0.1) is 22.7 Å². The molecule has 22 heavy (non-hydrogen) atoms. The van der Waals surface area contributed by atoms with Crippen LogP contribution in [-0.4, -0.2) is 24.1 Å². The molecule has 4 nitrogen and oxygen atoms in total. The summed E-state index contributed by atoms with van der Waals surface area (Å²) < 4.78 is 0. The molecule has 0 saturated heterocycles. The zero-order valence-electron chi connectivity index (χ0n) is 15.0. The molecule has 3 N–H and O–H groups in total. The second kappa shape index (κ2) is 8.80. The summed E-state index contributed by atoms with van der Waals surface area (Å²) in [6.45, 7) is 13.1. The third kappa shape index (κ3) is 10.1. The fourth-order valence-corrected chi connectivity index (χ4v) is 2.84. The van der Waals surface area contributed by atoms with Gasteiger partial charge >= 0.3 is 0 Å². The number of carbonyl (C=O) groups is 2. The van der Waals surface area contributed by atoms with Crippen molar-refractivity contribution >= 4 is 24.4 Å². The van der Waals surface area contributed by atoms with Crippen molar-refractivity contribution in [3.8, 4) is 0 Å². The molecular formula is C17H34N2O2S. The van der Waals surface area contributed by atoms with Crippen LogP contribution >= 0.6 is 12.6 Å². The van der Waals surface area contributed by atoms with Crippen molar-refractivity contribution in [3.05, 3.63) is 0 Å². The van der Waals surface area contributed by atoms with E-state index in [0.29, 0.717) is 25.1 Å². The van der Waals surface area contributed by atoms with Gasteiger partial charge in [-0.25, -0.2) is 0 Å². The predicted molar refractivity (Wildman–Crippen MR) is 95.8 cm³/mol. The molecule has 130 valence electrons. The standard InChI is InChI=1S/C17H34N2O2S/c1-16(2,3)10-12(14(18)20)9-13(11-17(4,5)6)15(21)19-7-8-22/h12-13,22H,7-11H2,1-6H3,(H2,18,20)(H,19,21). The number of amides is 2. The van der Waals surface area contributed by atoms with Gasteiger partial charge in [0.2, 0.25) is 11.8 Å². The highest BCUT2D eigenvalue weighted by Crippen LogP contribution is 2.33. The van der Waals surface area contributed by atoms with E-state index in [-0.39, 0.29) is 34.5 Å². The van der Waals surface area contributed by atoms with Crippen molar-refractivity contribution in [3.63, 3.8) is 0 Å². The van der Waals surface area contributed by atoms with Gasteiger partial charge in [-0.05, 0) is 30.1 Å². The Kier molecular flexibility index (Phi) is 8.52. The number of hydrogen-bond donors (Lipinski definition) is 3. The van der Waals surface area contributed by atoms with Crippen molar-refractivity contribution < 1.29 is 9.59 Å². The maximum atomic E-state index is 12.4. The van der Waals surface area contributed by atoms with E-state index in [9.17, 15) is 9.59 Å². The van der Waals surface area contributed by atoms with Gasteiger partial charge in [0.15, 0.2) is 0 Å². The average molecular weight is 331 g/mol. The molecule has 0 rings (SSSR count). The molecule has 0 radical (unpaired) electrons. The van der Waals surface area contributed by atoms with Crippen molar-refractivity contribution in [1.82, 2.24) is 5.32 Å². The Balaban J connectivity index is 5.05. The Hall–Kier alpha value is -0.710. The Morgan fingerprint density at radius 1 is 1.00 bits per heavy atom. The van der Waals surface area contributed by atoms with Crippen molar-refractivity contribution in [1.29, 1.82) is 0 Å². The van der Waals surface area contributed by atoms with E-state index >= 15 is 0 Å². The molecule has 2 atom stereocenters. The predicted octanol–water partition coefficient (Wildman–Crippen LogP) is 3.01. The molecule has 0 heterocycles. The first kappa shape index (κ1) is 21.3. The maximum Gasteiger partial charge on any atom is 0.223 e. The first-order chi connectivity index (χ1) is 9.85. The summed E-state index contributed by atoms with van der Waals surface area (Å²) in [5.74, 6) is -0.163. The fourth-order valence-electron chi connectivity index (χ4n) is 2.73. The number of primary amides is 1. The number of hydrogen-bond acceptors (Lipinski definition) is 3. The largest absolute Gasteiger partial charge is 0.369 e. The van der Waals surface area contributed by atoms with Gasteiger partial charge in [-0.2, -0.15) is 12.6 Å². The van der Waals surface area contributed by atoms with Crippen LogP contribution < -0.4 is 11.1 Å². The summed E-state index contributed by atoms with van der Waals surface area (Å²) in [4.78, 5) is 24.2. The molecular weight excluding hydrogens is 296 g/mol. The van der Waals surface area contributed by atoms with Crippen LogP contribution in [0.25, 0.3) is 0 Å². The lowest BCUT2D eigenvalue weighted by Crippen LogP contribution is -2.38. The molecule has 0 aromatic carbocycles. The van der Waals surface area contributed by atoms with Gasteiger partial charge in [0.05, 0.1) is 0 Å². The first-order valence-electron chi connectivity index (χ1n) is 8.03. The van der Waals surface area contributed by atoms with Gasteiger partial charge in [-0.15, -0.1) is 0 Å². The van der Waals surface area contributed by atoms with Crippen LogP contribution in [0.1, 0.15) is 60.8 Å². The summed E-state index contributed by atoms with van der Waals surface area (Å²) in [6.07, 6.45) is 1.95. The molecule has 0 aromatic rings. The van der Waals surface area contributed by atoms with E-state index in [2.05, 4.69) is 59.5 Å². The van der Waals surface area contributed by atoms with Gasteiger partial charge in [0.25, 0.3) is 0 Å². The smallest absolute Gasteiger partial charge is 0.223 e. The van der Waals surface area contributed by atoms with Crippen molar-refractivity contribution in [2.75, 3.05) is 12.3 Å². The van der Waals surface area contributed by atoms with E-state index in [0.717, 1.165) is 6.42 Å². The molecule has 0 bridgehead atoms. The lowest BCUT2D eigenvalue weighted by atomic mass is 9.76. The highest BCUT2D eigenvalue weighted by Gasteiger charge is 2.31. The second-order valence-corrected chi connectivity index (χ2v) is 9.02. The lowest BCUT2D eigenvalue weighted by Gasteiger charge is -2.30. The number of carbonyl (C=O) groups excluding carboxylic acids is 2. The zero-order chi connectivity index (χ0) is 17.6. The molecule has 5 heteroatoms. The topological polar surface area (TPSA) is 72.2 Å². The Bertz CT molecular complexity index is 370. The average Bonchev–Trinajstić information content (AvgIpc) is 2.30. The highest BCUT2D eigenvalue weighted by molar-refractivity contribution is 7.80. The lowest BCUT2D eigenvalue weighted by molar-refractivity contribution is -0.128. The highest BCUT2D eigenvalue weighted by atomic mass is 32.1. The van der Waals surface area contributed by atoms with Gasteiger partial charge in [-0.3, -0.25) is 9.59 Å². The fraction of sp³-hybridized carbons (Fsp3) is 0.882. The second-order valence-electron chi connectivity index (χ2n) is 8.58. The SMILES string of the molecule is CC(C)(C)CC(CC(CC(C)(C)C)C(=O)NCCS)C(N)=O. The molecule has 0 fully saturated rings. The Morgan fingerprint density at radius 2 is 1.45 bits per heavy atom. The monoisotopic (exact) mass is 330 g/mol. The summed E-state index contributed by atoms with van der Waals surface area (Å²) in [7, 11) is 0. The molecule has 0 aliphatic heterocycles. The molecule has 0 aromatic heterocycles. The zero-order valence-corrected chi connectivity index (χ0v) is 15.9. The number of nitrogens with two attached hydrogens (primary N) is 1. The summed E-state index contributed by atoms with van der Waals surface area (Å²) in [5.41, 5.74) is 5.60. The summed E-state index contributed by atoms with van der Waals surface area (Å²) in [6, 6.07) is 0. The van der Waals surface area contributed by atoms with E-state index < -0.39 is 0 Å². The minimum atomic E-state index is -0.309. The normalized spacial score (nSPS) is 15.2. The van der Waals surface area contributed by atoms with Crippen LogP contribution in [0.15, 0.2) is 0 Å². The van der Waals surface area contributed by atoms with E-state index in [4.69, 9.17) is 5.73 Å². The maximum absolute atomic E-state index is 12.4. The van der Waals surface area contributed by atoms with Crippen LogP contribution in [0.3, 0.4) is 0 Å². The van der Waals surface area contributed by atoms with Crippen LogP contribution in [0.5, 0.6) is 0 Å². The molecule has 0 aliphatic rings. The van der Waals surface area contributed by atoms with Crippen LogP contribution in [-0.2, 0) is 9.59 Å². The van der Waals surface area contributed by atoms with Gasteiger partial charge < -0.3 is 11.1 Å². The third-order valence-corrected chi connectivity index (χ3v) is 3.69. The molecule has 0 saturated carbocycles. The van der Waals surface area contributed by atoms with Crippen LogP contribution in [0.2, 0.25) is 0 Å². The van der Waals surface area contributed by atoms with Crippen molar-refractivity contribution in [2.24, 2.45) is 28.4 Å². The van der Waals surface area contributed by atoms with Gasteiger partial charge in [-0.1, -0.05) is 41.5 Å². The number of nitrogens with one attached hydrogen (secondary N) is 1. The molecule has 2 unspecified atom stereocenters. The number of rotatable bonds is 8. The van der Waals surface area contributed by atoms with Crippen LogP contribution in [0.4, 0.5) is 0 Å². The Morgan fingerprint density at radius 3 is 1.82 bits per heavy atom. The Labute approximate surface area is 141 Å². The quantitative estimate of drug-likeness (QED) is 0.599. The minimum Gasteiger partial charge on any atom is -0.369 e. The first-order valence-corrected chi connectivity index (χ1v) is 8.67. The van der Waals surface area contributed by atoms with E-state index in [1.807, 2.05) is 0 Å². The number of thiol groups is 1. The summed E-state index contributed by atoms with van der Waals surface area (Å²) in [5, 5.41) is 2.89. The third-order valence-electron chi connectivity index (χ3n) is 3.47. The molecule has 0 aliphatic carbocycles. The van der Waals surface area contributed by atoms with Gasteiger partial charge in [0.1, 0.15) is 0 Å². The minimum absolute atomic E-state index is 0.00383.